The van der Waals surface area contributed by atoms with Gasteiger partial charge in [-0.2, -0.15) is 13.2 Å². The van der Waals surface area contributed by atoms with Gasteiger partial charge in [0.25, 0.3) is 5.91 Å². The molecule has 0 spiro atoms. The van der Waals surface area contributed by atoms with Crippen LogP contribution in [0.3, 0.4) is 0 Å². The Kier molecular flexibility index (Phi) is 4.97. The number of alkyl halides is 3. The number of nitrogens with two attached hydrogens (primary N) is 1. The van der Waals surface area contributed by atoms with Gasteiger partial charge in [-0.05, 0) is 24.1 Å². The van der Waals surface area contributed by atoms with E-state index < -0.39 is 24.4 Å². The molecule has 0 aromatic heterocycles. The van der Waals surface area contributed by atoms with E-state index in [2.05, 4.69) is 0 Å². The van der Waals surface area contributed by atoms with E-state index in [9.17, 15) is 22.4 Å². The first-order valence-electron chi connectivity index (χ1n) is 6.00. The highest BCUT2D eigenvalue weighted by Crippen LogP contribution is 2.20. The van der Waals surface area contributed by atoms with E-state index >= 15 is 0 Å². The molecule has 20 heavy (non-hydrogen) atoms. The largest absolute Gasteiger partial charge is 0.406 e. The van der Waals surface area contributed by atoms with Crippen molar-refractivity contribution in [2.24, 2.45) is 5.92 Å². The first kappa shape index (κ1) is 16.3. The number of benzene rings is 1. The van der Waals surface area contributed by atoms with Crippen LogP contribution in [-0.4, -0.2) is 30.1 Å². The molecule has 0 atom stereocenters. The lowest BCUT2D eigenvalue weighted by atomic mass is 10.1. The molecule has 1 amide bonds. The predicted octanol–water partition coefficient (Wildman–Crippen LogP) is 3.07. The van der Waals surface area contributed by atoms with Crippen molar-refractivity contribution >= 4 is 11.6 Å². The van der Waals surface area contributed by atoms with Crippen LogP contribution < -0.4 is 5.73 Å². The summed E-state index contributed by atoms with van der Waals surface area (Å²) >= 11 is 0. The van der Waals surface area contributed by atoms with Crippen molar-refractivity contribution in [2.75, 3.05) is 18.8 Å². The number of nitrogens with zero attached hydrogens (tertiary/aromatic N) is 1. The predicted molar refractivity (Wildman–Crippen MR) is 67.6 cm³/mol. The summed E-state index contributed by atoms with van der Waals surface area (Å²) < 4.78 is 50.7. The number of anilines is 1. The molecule has 1 rings (SSSR count). The zero-order chi connectivity index (χ0) is 15.5. The lowest BCUT2D eigenvalue weighted by Crippen LogP contribution is -2.41. The summed E-state index contributed by atoms with van der Waals surface area (Å²) in [6.07, 6.45) is -4.51. The molecule has 7 heteroatoms. The van der Waals surface area contributed by atoms with Crippen molar-refractivity contribution in [1.29, 1.82) is 0 Å². The van der Waals surface area contributed by atoms with Crippen molar-refractivity contribution < 1.29 is 22.4 Å². The lowest BCUT2D eigenvalue weighted by Gasteiger charge is -2.25. The third-order valence-electron chi connectivity index (χ3n) is 2.41. The van der Waals surface area contributed by atoms with E-state index in [1.165, 1.54) is 0 Å². The van der Waals surface area contributed by atoms with E-state index in [4.69, 9.17) is 5.73 Å². The molecule has 0 fully saturated rings. The van der Waals surface area contributed by atoms with E-state index in [0.717, 1.165) is 18.2 Å². The topological polar surface area (TPSA) is 46.3 Å². The molecule has 3 nitrogen and oxygen atoms in total. The maximum atomic E-state index is 13.2. The average Bonchev–Trinajstić information content (AvgIpc) is 2.23. The van der Waals surface area contributed by atoms with Gasteiger partial charge in [-0.15, -0.1) is 0 Å². The van der Waals surface area contributed by atoms with Gasteiger partial charge in [0.2, 0.25) is 0 Å². The molecule has 0 aliphatic heterocycles. The van der Waals surface area contributed by atoms with Gasteiger partial charge in [-0.3, -0.25) is 4.79 Å². The molecular formula is C13H16F4N2O. The zero-order valence-electron chi connectivity index (χ0n) is 11.2. The van der Waals surface area contributed by atoms with Crippen LogP contribution in [0.15, 0.2) is 18.2 Å². The van der Waals surface area contributed by atoms with Gasteiger partial charge in [0.05, 0.1) is 0 Å². The standard InChI is InChI=1S/C13H16F4N2O/c1-8(2)6-19(7-13(15,16)17)12(20)9-3-10(14)5-11(18)4-9/h3-5,8H,6-7,18H2,1-2H3. The van der Waals surface area contributed by atoms with Crippen molar-refractivity contribution in [3.05, 3.63) is 29.6 Å². The Morgan fingerprint density at radius 3 is 2.35 bits per heavy atom. The van der Waals surface area contributed by atoms with Gasteiger partial charge in [-0.1, -0.05) is 13.8 Å². The summed E-state index contributed by atoms with van der Waals surface area (Å²) in [7, 11) is 0. The highest BCUT2D eigenvalue weighted by molar-refractivity contribution is 5.95. The lowest BCUT2D eigenvalue weighted by molar-refractivity contribution is -0.141. The zero-order valence-corrected chi connectivity index (χ0v) is 11.2. The molecule has 0 saturated carbocycles. The summed E-state index contributed by atoms with van der Waals surface area (Å²) in [4.78, 5) is 12.7. The number of hydrogen-bond donors (Lipinski definition) is 1. The first-order chi connectivity index (χ1) is 9.08. The Bertz CT molecular complexity index is 465. The van der Waals surface area contributed by atoms with Crippen LogP contribution >= 0.6 is 0 Å². The molecule has 0 saturated heterocycles. The van der Waals surface area contributed by atoms with Crippen molar-refractivity contribution in [1.82, 2.24) is 4.90 Å². The van der Waals surface area contributed by atoms with Crippen LogP contribution in [-0.2, 0) is 0 Å². The first-order valence-corrected chi connectivity index (χ1v) is 6.00. The summed E-state index contributed by atoms with van der Waals surface area (Å²) in [5.74, 6) is -1.79. The highest BCUT2D eigenvalue weighted by atomic mass is 19.4. The van der Waals surface area contributed by atoms with Crippen LogP contribution in [0.2, 0.25) is 0 Å². The average molecular weight is 292 g/mol. The molecule has 0 aliphatic rings. The minimum Gasteiger partial charge on any atom is -0.399 e. The molecule has 0 heterocycles. The fourth-order valence-corrected chi connectivity index (χ4v) is 1.79. The molecule has 112 valence electrons. The Balaban J connectivity index is 3.03. The van der Waals surface area contributed by atoms with Gasteiger partial charge in [0, 0.05) is 17.8 Å². The van der Waals surface area contributed by atoms with E-state index in [0.29, 0.717) is 4.90 Å². The number of amides is 1. The fourth-order valence-electron chi connectivity index (χ4n) is 1.79. The monoisotopic (exact) mass is 292 g/mol. The molecule has 1 aromatic rings. The molecule has 0 unspecified atom stereocenters. The summed E-state index contributed by atoms with van der Waals surface area (Å²) in [6, 6.07) is 3.03. The van der Waals surface area contributed by atoms with Crippen LogP contribution in [0.4, 0.5) is 23.2 Å². The molecular weight excluding hydrogens is 276 g/mol. The minimum absolute atomic E-state index is 0.00939. The third kappa shape index (κ3) is 5.07. The smallest absolute Gasteiger partial charge is 0.399 e. The van der Waals surface area contributed by atoms with Gasteiger partial charge in [0.1, 0.15) is 12.4 Å². The number of nitrogen functional groups attached to an aromatic ring is 1. The van der Waals surface area contributed by atoms with Crippen molar-refractivity contribution in [2.45, 2.75) is 20.0 Å². The second-order valence-electron chi connectivity index (χ2n) is 4.97. The molecule has 0 bridgehead atoms. The van der Waals surface area contributed by atoms with Gasteiger partial charge in [0.15, 0.2) is 0 Å². The Morgan fingerprint density at radius 1 is 1.30 bits per heavy atom. The molecule has 0 radical (unpaired) electrons. The minimum atomic E-state index is -4.51. The quantitative estimate of drug-likeness (QED) is 0.685. The summed E-state index contributed by atoms with van der Waals surface area (Å²) in [5, 5.41) is 0. The van der Waals surface area contributed by atoms with E-state index in [1.54, 1.807) is 13.8 Å². The van der Waals surface area contributed by atoms with Crippen LogP contribution in [0.25, 0.3) is 0 Å². The van der Waals surface area contributed by atoms with Crippen LogP contribution in [0.5, 0.6) is 0 Å². The summed E-state index contributed by atoms with van der Waals surface area (Å²) in [6.45, 7) is 1.93. The molecule has 2 N–H and O–H groups in total. The maximum absolute atomic E-state index is 13.2. The van der Waals surface area contributed by atoms with Gasteiger partial charge >= 0.3 is 6.18 Å². The van der Waals surface area contributed by atoms with Gasteiger partial charge < -0.3 is 10.6 Å². The third-order valence-corrected chi connectivity index (χ3v) is 2.41. The normalized spacial score (nSPS) is 11.8. The van der Waals surface area contributed by atoms with Crippen molar-refractivity contribution in [3.63, 3.8) is 0 Å². The second-order valence-corrected chi connectivity index (χ2v) is 4.97. The van der Waals surface area contributed by atoms with Crippen molar-refractivity contribution in [3.8, 4) is 0 Å². The second kappa shape index (κ2) is 6.11. The number of carbonyl (C=O) groups excluding carboxylic acids is 1. The van der Waals surface area contributed by atoms with Gasteiger partial charge in [-0.25, -0.2) is 4.39 Å². The maximum Gasteiger partial charge on any atom is 0.406 e. The highest BCUT2D eigenvalue weighted by Gasteiger charge is 2.33. The summed E-state index contributed by atoms with van der Waals surface area (Å²) in [5.41, 5.74) is 5.20. The van der Waals surface area contributed by atoms with Crippen LogP contribution in [0.1, 0.15) is 24.2 Å². The Morgan fingerprint density at radius 2 is 1.90 bits per heavy atom. The number of halogens is 4. The van der Waals surface area contributed by atoms with E-state index in [1.807, 2.05) is 0 Å². The molecule has 0 aliphatic carbocycles. The number of rotatable bonds is 4. The fraction of sp³-hybridized carbons (Fsp3) is 0.462. The Labute approximate surface area is 114 Å². The SMILES string of the molecule is CC(C)CN(CC(F)(F)F)C(=O)c1cc(N)cc(F)c1. The van der Waals surface area contributed by atoms with E-state index in [-0.39, 0.29) is 23.7 Å². The number of carbonyl (C=O) groups is 1. The molecule has 1 aromatic carbocycles. The number of hydrogen-bond acceptors (Lipinski definition) is 2. The van der Waals surface area contributed by atoms with Crippen LogP contribution in [0, 0.1) is 11.7 Å². The Hall–Kier alpha value is -1.79.